The smallest absolute Gasteiger partial charge is 0.407 e. The summed E-state index contributed by atoms with van der Waals surface area (Å²) < 4.78 is 5.36. The van der Waals surface area contributed by atoms with Crippen molar-refractivity contribution >= 4 is 18.0 Å². The lowest BCUT2D eigenvalue weighted by Gasteiger charge is -2.37. The number of nitrogens with zero attached hydrogens (tertiary/aromatic N) is 1. The summed E-state index contributed by atoms with van der Waals surface area (Å²) in [6, 6.07) is 15.3. The molecule has 1 atom stereocenters. The van der Waals surface area contributed by atoms with E-state index >= 15 is 0 Å². The van der Waals surface area contributed by atoms with Gasteiger partial charge in [-0.3, -0.25) is 4.79 Å². The maximum Gasteiger partial charge on any atom is 0.407 e. The average molecular weight is 380 g/mol. The summed E-state index contributed by atoms with van der Waals surface area (Å²) in [7, 11) is 0. The van der Waals surface area contributed by atoms with Gasteiger partial charge in [-0.2, -0.15) is 0 Å². The first-order valence-corrected chi connectivity index (χ1v) is 9.17. The lowest BCUT2D eigenvalue weighted by Crippen LogP contribution is -2.57. The van der Waals surface area contributed by atoms with Crippen LogP contribution in [0.3, 0.4) is 0 Å². The molecule has 2 N–H and O–H groups in total. The van der Waals surface area contributed by atoms with Crippen LogP contribution in [0.5, 0.6) is 0 Å². The van der Waals surface area contributed by atoms with Crippen molar-refractivity contribution in [2.75, 3.05) is 19.7 Å². The van der Waals surface area contributed by atoms with E-state index in [2.05, 4.69) is 17.4 Å². The Hall–Kier alpha value is -3.35. The van der Waals surface area contributed by atoms with E-state index in [-0.39, 0.29) is 19.1 Å². The van der Waals surface area contributed by atoms with Gasteiger partial charge < -0.3 is 20.1 Å². The Kier molecular flexibility index (Phi) is 4.73. The SMILES string of the molecule is O=C(NCC(=O)N1CCC1C(=O)O)OCC1c2ccccc2-c2ccccc21. The molecule has 28 heavy (non-hydrogen) atoms. The number of rotatable bonds is 5. The minimum Gasteiger partial charge on any atom is -0.480 e. The van der Waals surface area contributed by atoms with Gasteiger partial charge in [0.15, 0.2) is 0 Å². The van der Waals surface area contributed by atoms with Crippen LogP contribution in [0.4, 0.5) is 4.79 Å². The molecule has 0 aromatic heterocycles. The van der Waals surface area contributed by atoms with Gasteiger partial charge in [-0.25, -0.2) is 9.59 Å². The van der Waals surface area contributed by atoms with Crippen molar-refractivity contribution in [3.8, 4) is 11.1 Å². The van der Waals surface area contributed by atoms with Crippen molar-refractivity contribution in [3.63, 3.8) is 0 Å². The number of nitrogens with one attached hydrogen (secondary N) is 1. The lowest BCUT2D eigenvalue weighted by atomic mass is 9.98. The zero-order chi connectivity index (χ0) is 19.7. The molecule has 7 nitrogen and oxygen atoms in total. The summed E-state index contributed by atoms with van der Waals surface area (Å²) >= 11 is 0. The number of likely N-dealkylation sites (tertiary alicyclic amines) is 1. The molecule has 1 aliphatic carbocycles. The number of carboxylic acid groups (broad SMARTS) is 1. The van der Waals surface area contributed by atoms with Gasteiger partial charge in [0, 0.05) is 12.5 Å². The third kappa shape index (κ3) is 3.19. The molecule has 1 aliphatic heterocycles. The Morgan fingerprint density at radius 3 is 2.18 bits per heavy atom. The van der Waals surface area contributed by atoms with Gasteiger partial charge in [0.25, 0.3) is 0 Å². The number of ether oxygens (including phenoxy) is 1. The molecular weight excluding hydrogens is 360 g/mol. The van der Waals surface area contributed by atoms with Gasteiger partial charge in [-0.15, -0.1) is 0 Å². The highest BCUT2D eigenvalue weighted by Gasteiger charge is 2.37. The number of hydrogen-bond acceptors (Lipinski definition) is 4. The van der Waals surface area contributed by atoms with Crippen LogP contribution in [0.2, 0.25) is 0 Å². The zero-order valence-electron chi connectivity index (χ0n) is 15.1. The van der Waals surface area contributed by atoms with E-state index < -0.39 is 24.0 Å². The summed E-state index contributed by atoms with van der Waals surface area (Å²) in [6.07, 6.45) is -0.256. The maximum absolute atomic E-state index is 12.1. The number of hydrogen-bond donors (Lipinski definition) is 2. The van der Waals surface area contributed by atoms with E-state index in [1.165, 1.54) is 4.90 Å². The number of benzene rings is 2. The van der Waals surface area contributed by atoms with Crippen molar-refractivity contribution in [1.29, 1.82) is 0 Å². The van der Waals surface area contributed by atoms with Crippen LogP contribution in [0.25, 0.3) is 11.1 Å². The Labute approximate surface area is 161 Å². The van der Waals surface area contributed by atoms with Crippen LogP contribution in [0.15, 0.2) is 48.5 Å². The Morgan fingerprint density at radius 1 is 1.04 bits per heavy atom. The van der Waals surface area contributed by atoms with Crippen LogP contribution < -0.4 is 5.32 Å². The minimum atomic E-state index is -1.03. The predicted octanol–water partition coefficient (Wildman–Crippen LogP) is 2.21. The topological polar surface area (TPSA) is 95.9 Å². The highest BCUT2D eigenvalue weighted by atomic mass is 16.5. The van der Waals surface area contributed by atoms with E-state index in [0.29, 0.717) is 13.0 Å². The summed E-state index contributed by atoms with van der Waals surface area (Å²) in [6.45, 7) is 0.276. The summed E-state index contributed by atoms with van der Waals surface area (Å²) in [5, 5.41) is 11.4. The van der Waals surface area contributed by atoms with E-state index in [1.54, 1.807) is 0 Å². The van der Waals surface area contributed by atoms with Crippen LogP contribution in [0.1, 0.15) is 23.5 Å². The van der Waals surface area contributed by atoms with Gasteiger partial charge in [-0.1, -0.05) is 48.5 Å². The van der Waals surface area contributed by atoms with Gasteiger partial charge in [0.05, 0.1) is 0 Å². The van der Waals surface area contributed by atoms with Crippen LogP contribution in [-0.2, 0) is 14.3 Å². The molecule has 4 rings (SSSR count). The maximum atomic E-state index is 12.1. The first-order valence-electron chi connectivity index (χ1n) is 9.17. The van der Waals surface area contributed by atoms with Gasteiger partial charge in [0.1, 0.15) is 19.2 Å². The second-order valence-electron chi connectivity index (χ2n) is 6.91. The van der Waals surface area contributed by atoms with Crippen LogP contribution in [-0.4, -0.2) is 53.7 Å². The molecule has 1 saturated heterocycles. The van der Waals surface area contributed by atoms with Crippen molar-refractivity contribution in [2.24, 2.45) is 0 Å². The number of amides is 2. The molecule has 7 heteroatoms. The predicted molar refractivity (Wildman–Crippen MR) is 101 cm³/mol. The first-order chi connectivity index (χ1) is 13.6. The molecule has 0 bridgehead atoms. The minimum absolute atomic E-state index is 0.0550. The number of fused-ring (bicyclic) bond motifs is 3. The lowest BCUT2D eigenvalue weighted by molar-refractivity contribution is -0.156. The second-order valence-corrected chi connectivity index (χ2v) is 6.91. The Bertz CT molecular complexity index is 896. The fourth-order valence-corrected chi connectivity index (χ4v) is 3.84. The molecular formula is C21H20N2O5. The summed E-state index contributed by atoms with van der Waals surface area (Å²) in [4.78, 5) is 36.3. The number of carbonyl (C=O) groups excluding carboxylic acids is 2. The summed E-state index contributed by atoms with van der Waals surface area (Å²) in [5.74, 6) is -1.51. The molecule has 2 aliphatic rings. The molecule has 1 fully saturated rings. The molecule has 2 amide bonds. The fourth-order valence-electron chi connectivity index (χ4n) is 3.84. The van der Waals surface area contributed by atoms with Crippen LogP contribution >= 0.6 is 0 Å². The molecule has 2 aromatic rings. The fraction of sp³-hybridized carbons (Fsp3) is 0.286. The Morgan fingerprint density at radius 2 is 1.64 bits per heavy atom. The van der Waals surface area contributed by atoms with E-state index in [4.69, 9.17) is 9.84 Å². The third-order valence-electron chi connectivity index (χ3n) is 5.35. The molecule has 2 aromatic carbocycles. The standard InChI is InChI=1S/C21H20N2O5/c24-19(23-10-9-18(23)20(25)26)11-22-21(27)28-12-17-15-7-3-1-5-13(15)14-6-2-4-8-16(14)17/h1-8,17-18H,9-12H2,(H,22,27)(H,25,26). The number of alkyl carbamates (subject to hydrolysis) is 1. The quantitative estimate of drug-likeness (QED) is 0.829. The highest BCUT2D eigenvalue weighted by Crippen LogP contribution is 2.44. The molecule has 1 heterocycles. The molecule has 0 spiro atoms. The normalized spacial score (nSPS) is 17.3. The summed E-state index contributed by atoms with van der Waals surface area (Å²) in [5.41, 5.74) is 4.49. The van der Waals surface area contributed by atoms with Crippen molar-refractivity contribution < 1.29 is 24.2 Å². The molecule has 144 valence electrons. The van der Waals surface area contributed by atoms with Crippen LogP contribution in [0, 0.1) is 0 Å². The zero-order valence-corrected chi connectivity index (χ0v) is 15.1. The average Bonchev–Trinajstić information content (AvgIpc) is 2.97. The number of carbonyl (C=O) groups is 3. The van der Waals surface area contributed by atoms with Crippen molar-refractivity contribution in [2.45, 2.75) is 18.4 Å². The molecule has 1 unspecified atom stereocenters. The molecule has 0 saturated carbocycles. The van der Waals surface area contributed by atoms with E-state index in [9.17, 15) is 14.4 Å². The van der Waals surface area contributed by atoms with Gasteiger partial charge in [-0.05, 0) is 28.7 Å². The van der Waals surface area contributed by atoms with Crippen molar-refractivity contribution in [1.82, 2.24) is 10.2 Å². The number of aliphatic carboxylic acids is 1. The Balaban J connectivity index is 1.34. The highest BCUT2D eigenvalue weighted by molar-refractivity contribution is 5.88. The van der Waals surface area contributed by atoms with E-state index in [0.717, 1.165) is 22.3 Å². The second kappa shape index (κ2) is 7.34. The van der Waals surface area contributed by atoms with E-state index in [1.807, 2.05) is 36.4 Å². The van der Waals surface area contributed by atoms with Gasteiger partial charge >= 0.3 is 12.1 Å². The van der Waals surface area contributed by atoms with Gasteiger partial charge in [0.2, 0.25) is 5.91 Å². The molecule has 0 radical (unpaired) electrons. The largest absolute Gasteiger partial charge is 0.480 e. The van der Waals surface area contributed by atoms with Crippen molar-refractivity contribution in [3.05, 3.63) is 59.7 Å². The first kappa shape index (κ1) is 18.0. The monoisotopic (exact) mass is 380 g/mol. The third-order valence-corrected chi connectivity index (χ3v) is 5.35. The number of carboxylic acids is 1.